The summed E-state index contributed by atoms with van der Waals surface area (Å²) in [7, 11) is 0. The van der Waals surface area contributed by atoms with Crippen molar-refractivity contribution in [2.24, 2.45) is 0 Å². The number of hydrogen-bond acceptors (Lipinski definition) is 6. The molecule has 19 heavy (non-hydrogen) atoms. The molecule has 100 valence electrons. The molecule has 5 nitrogen and oxygen atoms in total. The number of thiophene rings is 1. The van der Waals surface area contributed by atoms with Crippen molar-refractivity contribution in [1.29, 1.82) is 0 Å². The first-order valence-electron chi connectivity index (χ1n) is 6.15. The Kier molecular flexibility index (Phi) is 3.74. The Hall–Kier alpha value is -1.47. The van der Waals surface area contributed by atoms with Crippen molar-refractivity contribution in [3.05, 3.63) is 28.6 Å². The highest BCUT2D eigenvalue weighted by molar-refractivity contribution is 7.10. The third-order valence-corrected chi connectivity index (χ3v) is 4.56. The van der Waals surface area contributed by atoms with E-state index in [0.29, 0.717) is 6.42 Å². The van der Waals surface area contributed by atoms with Crippen LogP contribution in [0.2, 0.25) is 0 Å². The average molecular weight is 294 g/mol. The van der Waals surface area contributed by atoms with Crippen molar-refractivity contribution in [1.82, 2.24) is 13.6 Å². The zero-order chi connectivity index (χ0) is 13.1. The fourth-order valence-corrected chi connectivity index (χ4v) is 3.29. The number of amides is 1. The molecule has 3 heterocycles. The van der Waals surface area contributed by atoms with Gasteiger partial charge in [0.2, 0.25) is 5.91 Å². The Morgan fingerprint density at radius 3 is 2.79 bits per heavy atom. The summed E-state index contributed by atoms with van der Waals surface area (Å²) < 4.78 is 8.24. The highest BCUT2D eigenvalue weighted by atomic mass is 32.1. The lowest BCUT2D eigenvalue weighted by Crippen LogP contribution is -2.49. The molecule has 0 aromatic carbocycles. The van der Waals surface area contributed by atoms with Crippen LogP contribution in [0.15, 0.2) is 23.7 Å². The van der Waals surface area contributed by atoms with Gasteiger partial charge in [0, 0.05) is 31.1 Å². The maximum absolute atomic E-state index is 12.1. The molecule has 1 saturated heterocycles. The molecule has 0 spiro atoms. The Balaban J connectivity index is 1.54. The molecule has 0 radical (unpaired) electrons. The summed E-state index contributed by atoms with van der Waals surface area (Å²) in [5.41, 5.74) is 0. The molecule has 7 heteroatoms. The van der Waals surface area contributed by atoms with E-state index in [2.05, 4.69) is 13.6 Å². The van der Waals surface area contributed by atoms with Gasteiger partial charge in [-0.1, -0.05) is 6.07 Å². The summed E-state index contributed by atoms with van der Waals surface area (Å²) in [6.45, 7) is 3.20. The van der Waals surface area contributed by atoms with Gasteiger partial charge in [0.15, 0.2) is 5.82 Å². The van der Waals surface area contributed by atoms with Crippen molar-refractivity contribution in [3.63, 3.8) is 0 Å². The summed E-state index contributed by atoms with van der Waals surface area (Å²) in [6.07, 6.45) is 2.31. The number of anilines is 1. The van der Waals surface area contributed by atoms with Crippen LogP contribution in [0.25, 0.3) is 0 Å². The van der Waals surface area contributed by atoms with Crippen LogP contribution >= 0.6 is 23.1 Å². The monoisotopic (exact) mass is 294 g/mol. The van der Waals surface area contributed by atoms with E-state index in [9.17, 15) is 4.79 Å². The normalized spacial score (nSPS) is 15.8. The van der Waals surface area contributed by atoms with Crippen LogP contribution in [0.1, 0.15) is 4.88 Å². The van der Waals surface area contributed by atoms with Crippen LogP contribution in [0, 0.1) is 0 Å². The minimum atomic E-state index is 0.221. The minimum absolute atomic E-state index is 0.221. The number of carbonyl (C=O) groups excluding carboxylic acids is 1. The molecule has 0 atom stereocenters. The number of rotatable bonds is 3. The maximum atomic E-state index is 12.1. The first kappa shape index (κ1) is 12.6. The fourth-order valence-electron chi connectivity index (χ4n) is 2.16. The molecule has 1 fully saturated rings. The van der Waals surface area contributed by atoms with Crippen LogP contribution in [-0.2, 0) is 11.2 Å². The van der Waals surface area contributed by atoms with Gasteiger partial charge in [-0.25, -0.2) is 0 Å². The highest BCUT2D eigenvalue weighted by Gasteiger charge is 2.22. The molecule has 0 unspecified atom stereocenters. The molecule has 0 N–H and O–H groups in total. The van der Waals surface area contributed by atoms with Gasteiger partial charge >= 0.3 is 0 Å². The lowest BCUT2D eigenvalue weighted by molar-refractivity contribution is -0.130. The van der Waals surface area contributed by atoms with E-state index in [1.807, 2.05) is 22.4 Å². The van der Waals surface area contributed by atoms with Crippen molar-refractivity contribution in [2.45, 2.75) is 6.42 Å². The van der Waals surface area contributed by atoms with Crippen molar-refractivity contribution < 1.29 is 4.79 Å². The maximum Gasteiger partial charge on any atom is 0.227 e. The summed E-state index contributed by atoms with van der Waals surface area (Å²) >= 11 is 2.86. The van der Waals surface area contributed by atoms with Crippen LogP contribution in [0.5, 0.6) is 0 Å². The smallest absolute Gasteiger partial charge is 0.227 e. The zero-order valence-electron chi connectivity index (χ0n) is 10.4. The predicted octanol–water partition coefficient (Wildman–Crippen LogP) is 1.49. The van der Waals surface area contributed by atoms with Crippen LogP contribution in [-0.4, -0.2) is 45.7 Å². The summed E-state index contributed by atoms with van der Waals surface area (Å²) in [6, 6.07) is 4.00. The van der Waals surface area contributed by atoms with Gasteiger partial charge in [0.05, 0.1) is 24.3 Å². The molecule has 0 bridgehead atoms. The lowest BCUT2D eigenvalue weighted by atomic mass is 10.2. The zero-order valence-corrected chi connectivity index (χ0v) is 12.0. The van der Waals surface area contributed by atoms with Gasteiger partial charge in [-0.3, -0.25) is 4.79 Å². The van der Waals surface area contributed by atoms with Gasteiger partial charge in [-0.05, 0) is 11.4 Å². The molecule has 1 amide bonds. The molecule has 0 saturated carbocycles. The first-order valence-corrected chi connectivity index (χ1v) is 7.76. The van der Waals surface area contributed by atoms with Crippen LogP contribution in [0.3, 0.4) is 0 Å². The molecule has 3 rings (SSSR count). The summed E-state index contributed by atoms with van der Waals surface area (Å²) in [5.74, 6) is 1.15. The number of carbonyl (C=O) groups is 1. The van der Waals surface area contributed by atoms with Gasteiger partial charge in [0.1, 0.15) is 0 Å². The van der Waals surface area contributed by atoms with Crippen molar-refractivity contribution in [2.75, 3.05) is 31.1 Å². The van der Waals surface area contributed by atoms with E-state index in [1.54, 1.807) is 17.5 Å². The molecular formula is C12H14N4OS2. The average Bonchev–Trinajstić information content (AvgIpc) is 3.12. The largest absolute Gasteiger partial charge is 0.351 e. The standard InChI is InChI=1S/C12H14N4OS2/c17-12(8-10-2-1-7-18-10)16-5-3-15(4-6-16)11-9-13-19-14-11/h1-2,7,9H,3-6,8H2. The third kappa shape index (κ3) is 2.93. The molecule has 1 aliphatic heterocycles. The van der Waals surface area contributed by atoms with E-state index in [4.69, 9.17) is 0 Å². The molecule has 0 aliphatic carbocycles. The Labute approximate surface area is 119 Å². The number of nitrogens with zero attached hydrogens (tertiary/aromatic N) is 4. The second kappa shape index (κ2) is 5.66. The van der Waals surface area contributed by atoms with Crippen LogP contribution in [0.4, 0.5) is 5.82 Å². The fraction of sp³-hybridized carbons (Fsp3) is 0.417. The Morgan fingerprint density at radius 2 is 2.16 bits per heavy atom. The second-order valence-corrected chi connectivity index (χ2v) is 5.98. The van der Waals surface area contributed by atoms with Gasteiger partial charge < -0.3 is 9.80 Å². The van der Waals surface area contributed by atoms with Gasteiger partial charge in [-0.2, -0.15) is 8.75 Å². The highest BCUT2D eigenvalue weighted by Crippen LogP contribution is 2.15. The van der Waals surface area contributed by atoms with Crippen LogP contribution < -0.4 is 4.90 Å². The predicted molar refractivity (Wildman–Crippen MR) is 76.7 cm³/mol. The number of aromatic nitrogens is 2. The SMILES string of the molecule is O=C(Cc1cccs1)N1CCN(c2cnsn2)CC1. The third-order valence-electron chi connectivity index (χ3n) is 3.21. The molecule has 2 aromatic rings. The summed E-state index contributed by atoms with van der Waals surface area (Å²) in [5, 5.41) is 2.01. The van der Waals surface area contributed by atoms with Gasteiger partial charge in [-0.15, -0.1) is 11.3 Å². The van der Waals surface area contributed by atoms with Crippen molar-refractivity contribution >= 4 is 34.8 Å². The second-order valence-electron chi connectivity index (χ2n) is 4.39. The van der Waals surface area contributed by atoms with E-state index in [0.717, 1.165) is 36.9 Å². The number of piperazine rings is 1. The molecule has 1 aliphatic rings. The van der Waals surface area contributed by atoms with Gasteiger partial charge in [0.25, 0.3) is 0 Å². The number of hydrogen-bond donors (Lipinski definition) is 0. The van der Waals surface area contributed by atoms with Crippen molar-refractivity contribution in [3.8, 4) is 0 Å². The quantitative estimate of drug-likeness (QED) is 0.860. The molecule has 2 aromatic heterocycles. The topological polar surface area (TPSA) is 49.3 Å². The van der Waals surface area contributed by atoms with E-state index in [1.165, 1.54) is 11.7 Å². The van der Waals surface area contributed by atoms with E-state index >= 15 is 0 Å². The Morgan fingerprint density at radius 1 is 1.32 bits per heavy atom. The van der Waals surface area contributed by atoms with E-state index < -0.39 is 0 Å². The summed E-state index contributed by atoms with van der Waals surface area (Å²) in [4.78, 5) is 17.4. The molecular weight excluding hydrogens is 280 g/mol. The minimum Gasteiger partial charge on any atom is -0.351 e. The lowest BCUT2D eigenvalue weighted by Gasteiger charge is -2.34. The Bertz CT molecular complexity index is 518. The van der Waals surface area contributed by atoms with E-state index in [-0.39, 0.29) is 5.91 Å². The first-order chi connectivity index (χ1) is 9.33.